The van der Waals surface area contributed by atoms with Gasteiger partial charge in [-0.15, -0.1) is 11.3 Å². The van der Waals surface area contributed by atoms with Gasteiger partial charge in [0.15, 0.2) is 0 Å². The van der Waals surface area contributed by atoms with Crippen LogP contribution in [-0.4, -0.2) is 4.98 Å². The molecule has 2 heterocycles. The van der Waals surface area contributed by atoms with Crippen LogP contribution >= 0.6 is 11.3 Å². The van der Waals surface area contributed by atoms with Crippen LogP contribution in [0.25, 0.3) is 11.0 Å². The zero-order valence-electron chi connectivity index (χ0n) is 10.1. The lowest BCUT2D eigenvalue weighted by atomic mass is 10.1. The molecule has 0 aliphatic rings. The van der Waals surface area contributed by atoms with Gasteiger partial charge < -0.3 is 10.2 Å². The summed E-state index contributed by atoms with van der Waals surface area (Å²) in [6.45, 7) is 2.00. The predicted molar refractivity (Wildman–Crippen MR) is 73.7 cm³/mol. The quantitative estimate of drug-likeness (QED) is 0.783. The fourth-order valence-electron chi connectivity index (χ4n) is 2.01. The van der Waals surface area contributed by atoms with Gasteiger partial charge in [0.25, 0.3) is 0 Å². The summed E-state index contributed by atoms with van der Waals surface area (Å²) < 4.78 is 5.76. The van der Waals surface area contributed by atoms with E-state index in [0.29, 0.717) is 6.42 Å². The van der Waals surface area contributed by atoms with Gasteiger partial charge in [0.2, 0.25) is 0 Å². The third kappa shape index (κ3) is 2.17. The average molecular weight is 258 g/mol. The molecule has 3 nitrogen and oxygen atoms in total. The molecule has 0 aliphatic carbocycles. The van der Waals surface area contributed by atoms with Gasteiger partial charge in [-0.2, -0.15) is 0 Å². The molecule has 0 aliphatic heterocycles. The molecule has 0 radical (unpaired) electrons. The van der Waals surface area contributed by atoms with Crippen LogP contribution in [0, 0.1) is 6.92 Å². The number of furan rings is 1. The van der Waals surface area contributed by atoms with Crippen LogP contribution in [-0.2, 0) is 6.42 Å². The van der Waals surface area contributed by atoms with E-state index in [1.54, 1.807) is 11.3 Å². The molecular weight excluding hydrogens is 244 g/mol. The van der Waals surface area contributed by atoms with E-state index in [2.05, 4.69) is 10.4 Å². The van der Waals surface area contributed by atoms with Gasteiger partial charge in [-0.3, -0.25) is 0 Å². The molecule has 4 heteroatoms. The van der Waals surface area contributed by atoms with Crippen molar-refractivity contribution in [1.29, 1.82) is 0 Å². The first-order chi connectivity index (χ1) is 8.72. The summed E-state index contributed by atoms with van der Waals surface area (Å²) in [7, 11) is 0. The Bertz CT molecular complexity index is 638. The molecule has 1 unspecified atom stereocenters. The van der Waals surface area contributed by atoms with Gasteiger partial charge >= 0.3 is 0 Å². The third-order valence-electron chi connectivity index (χ3n) is 2.91. The normalized spacial score (nSPS) is 13.0. The summed E-state index contributed by atoms with van der Waals surface area (Å²) >= 11 is 1.65. The van der Waals surface area contributed by atoms with Gasteiger partial charge in [-0.1, -0.05) is 18.2 Å². The monoisotopic (exact) mass is 258 g/mol. The van der Waals surface area contributed by atoms with Crippen molar-refractivity contribution in [1.82, 2.24) is 4.98 Å². The van der Waals surface area contributed by atoms with Gasteiger partial charge in [-0.25, -0.2) is 4.98 Å². The van der Waals surface area contributed by atoms with Crippen molar-refractivity contribution in [2.45, 2.75) is 19.4 Å². The van der Waals surface area contributed by atoms with Crippen LogP contribution in [0.3, 0.4) is 0 Å². The van der Waals surface area contributed by atoms with Crippen LogP contribution in [0.1, 0.15) is 22.5 Å². The average Bonchev–Trinajstić information content (AvgIpc) is 2.95. The van der Waals surface area contributed by atoms with Gasteiger partial charge in [0, 0.05) is 17.2 Å². The van der Waals surface area contributed by atoms with Crippen molar-refractivity contribution >= 4 is 22.3 Å². The minimum atomic E-state index is -0.140. The topological polar surface area (TPSA) is 52.0 Å². The highest BCUT2D eigenvalue weighted by Gasteiger charge is 2.13. The van der Waals surface area contributed by atoms with Crippen molar-refractivity contribution in [3.05, 3.63) is 52.2 Å². The van der Waals surface area contributed by atoms with Crippen LogP contribution < -0.4 is 5.73 Å². The van der Waals surface area contributed by atoms with Crippen molar-refractivity contribution in [3.63, 3.8) is 0 Å². The molecule has 3 rings (SSSR count). The second-order valence-corrected chi connectivity index (χ2v) is 5.42. The number of thiazole rings is 1. The zero-order chi connectivity index (χ0) is 12.5. The highest BCUT2D eigenvalue weighted by atomic mass is 32.1. The summed E-state index contributed by atoms with van der Waals surface area (Å²) in [6, 6.07) is 9.82. The molecule has 92 valence electrons. The van der Waals surface area contributed by atoms with Gasteiger partial charge in [0.1, 0.15) is 11.3 Å². The number of aryl methyl sites for hydroxylation is 1. The van der Waals surface area contributed by atoms with Crippen LogP contribution in [0.4, 0.5) is 0 Å². The number of benzene rings is 1. The molecular formula is C14H14N2OS. The van der Waals surface area contributed by atoms with Gasteiger partial charge in [-0.05, 0) is 19.1 Å². The largest absolute Gasteiger partial charge is 0.459 e. The van der Waals surface area contributed by atoms with E-state index >= 15 is 0 Å². The smallest absolute Gasteiger partial charge is 0.134 e. The number of aromatic nitrogens is 1. The molecule has 1 atom stereocenters. The number of rotatable bonds is 3. The second-order valence-electron chi connectivity index (χ2n) is 4.36. The van der Waals surface area contributed by atoms with E-state index in [4.69, 9.17) is 10.2 Å². The lowest BCUT2D eigenvalue weighted by Gasteiger charge is -2.05. The van der Waals surface area contributed by atoms with Crippen LogP contribution in [0.15, 0.2) is 40.1 Å². The lowest BCUT2D eigenvalue weighted by molar-refractivity contribution is 0.492. The molecule has 2 aromatic heterocycles. The van der Waals surface area contributed by atoms with Crippen molar-refractivity contribution in [2.75, 3.05) is 0 Å². The Morgan fingerprint density at radius 3 is 2.94 bits per heavy atom. The molecule has 0 fully saturated rings. The van der Waals surface area contributed by atoms with Crippen LogP contribution in [0.5, 0.6) is 0 Å². The van der Waals surface area contributed by atoms with Crippen molar-refractivity contribution < 1.29 is 4.42 Å². The first-order valence-electron chi connectivity index (χ1n) is 5.87. The number of nitrogens with zero attached hydrogens (tertiary/aromatic N) is 1. The fourth-order valence-corrected chi connectivity index (χ4v) is 2.64. The van der Waals surface area contributed by atoms with Gasteiger partial charge in [0.05, 0.1) is 16.7 Å². The number of hydrogen-bond acceptors (Lipinski definition) is 4. The summed E-state index contributed by atoms with van der Waals surface area (Å²) in [5.74, 6) is 0.821. The number of nitrogens with two attached hydrogens (primary N) is 1. The highest BCUT2D eigenvalue weighted by molar-refractivity contribution is 7.09. The standard InChI is InChI=1S/C14H14N2OS/c1-9-16-11(8-18-9)7-12(15)14-6-10-4-2-3-5-13(10)17-14/h2-6,8,12H,7,15H2,1H3. The van der Waals surface area contributed by atoms with Crippen molar-refractivity contribution in [3.8, 4) is 0 Å². The number of para-hydroxylation sites is 1. The second kappa shape index (κ2) is 4.55. The minimum Gasteiger partial charge on any atom is -0.459 e. The molecule has 0 amide bonds. The molecule has 2 N–H and O–H groups in total. The Balaban J connectivity index is 1.85. The van der Waals surface area contributed by atoms with E-state index in [0.717, 1.165) is 27.4 Å². The predicted octanol–water partition coefficient (Wildman–Crippen LogP) is 3.44. The third-order valence-corrected chi connectivity index (χ3v) is 3.73. The highest BCUT2D eigenvalue weighted by Crippen LogP contribution is 2.24. The molecule has 1 aromatic carbocycles. The zero-order valence-corrected chi connectivity index (χ0v) is 10.9. The molecule has 0 saturated heterocycles. The Labute approximate surface area is 109 Å². The molecule has 0 spiro atoms. The van der Waals surface area contributed by atoms with E-state index < -0.39 is 0 Å². The summed E-state index contributed by atoms with van der Waals surface area (Å²) in [5.41, 5.74) is 8.09. The molecule has 0 bridgehead atoms. The molecule has 18 heavy (non-hydrogen) atoms. The molecule has 3 aromatic rings. The SMILES string of the molecule is Cc1nc(CC(N)c2cc3ccccc3o2)cs1. The molecule has 0 saturated carbocycles. The Morgan fingerprint density at radius 2 is 2.22 bits per heavy atom. The van der Waals surface area contributed by atoms with E-state index in [-0.39, 0.29) is 6.04 Å². The number of hydrogen-bond donors (Lipinski definition) is 1. The lowest BCUT2D eigenvalue weighted by Crippen LogP contribution is -2.12. The maximum atomic E-state index is 6.17. The summed E-state index contributed by atoms with van der Waals surface area (Å²) in [4.78, 5) is 4.43. The van der Waals surface area contributed by atoms with E-state index in [1.807, 2.05) is 37.3 Å². The van der Waals surface area contributed by atoms with E-state index in [9.17, 15) is 0 Å². The fraction of sp³-hybridized carbons (Fsp3) is 0.214. The Morgan fingerprint density at radius 1 is 1.39 bits per heavy atom. The summed E-state index contributed by atoms with van der Waals surface area (Å²) in [5, 5.41) is 4.22. The van der Waals surface area contributed by atoms with Crippen molar-refractivity contribution in [2.24, 2.45) is 5.73 Å². The van der Waals surface area contributed by atoms with E-state index in [1.165, 1.54) is 0 Å². The Hall–Kier alpha value is -1.65. The Kier molecular flexibility index (Phi) is 2.89. The number of fused-ring (bicyclic) bond motifs is 1. The maximum Gasteiger partial charge on any atom is 0.134 e. The maximum absolute atomic E-state index is 6.17. The first kappa shape index (κ1) is 11.4. The first-order valence-corrected chi connectivity index (χ1v) is 6.75. The summed E-state index contributed by atoms with van der Waals surface area (Å²) in [6.07, 6.45) is 0.712. The minimum absolute atomic E-state index is 0.140. The van der Waals surface area contributed by atoms with Crippen LogP contribution in [0.2, 0.25) is 0 Å².